The van der Waals surface area contributed by atoms with E-state index < -0.39 is 0 Å². The Kier molecular flexibility index (Phi) is 3.41. The second-order valence-corrected chi connectivity index (χ2v) is 4.86. The molecule has 0 aromatic heterocycles. The first-order chi connectivity index (χ1) is 10.2. The summed E-state index contributed by atoms with van der Waals surface area (Å²) in [6.45, 7) is 0. The quantitative estimate of drug-likeness (QED) is 0.693. The van der Waals surface area contributed by atoms with E-state index in [9.17, 15) is 5.11 Å². The Morgan fingerprint density at radius 2 is 1.38 bits per heavy atom. The van der Waals surface area contributed by atoms with E-state index in [-0.39, 0.29) is 5.75 Å². The van der Waals surface area contributed by atoms with Crippen molar-refractivity contribution in [3.05, 3.63) is 77.4 Å². The van der Waals surface area contributed by atoms with Crippen molar-refractivity contribution in [1.29, 1.82) is 5.26 Å². The number of hydrogen-bond donors (Lipinski definition) is 1. The van der Waals surface area contributed by atoms with E-state index >= 15 is 0 Å². The van der Waals surface area contributed by atoms with E-state index in [2.05, 4.69) is 12.1 Å². The summed E-state index contributed by atoms with van der Waals surface area (Å²) < 4.78 is 0. The SMILES string of the molecule is N#Cc1ccc2cc(/C=C/c3ccc(O)cc3)ccc2c1. The van der Waals surface area contributed by atoms with E-state index in [4.69, 9.17) is 5.26 Å². The van der Waals surface area contributed by atoms with Crippen LogP contribution in [-0.4, -0.2) is 5.11 Å². The molecule has 0 bridgehead atoms. The molecule has 21 heavy (non-hydrogen) atoms. The average Bonchev–Trinajstić information content (AvgIpc) is 2.53. The monoisotopic (exact) mass is 271 g/mol. The zero-order valence-electron chi connectivity index (χ0n) is 11.3. The van der Waals surface area contributed by atoms with Crippen LogP contribution in [0.2, 0.25) is 0 Å². The molecule has 0 saturated carbocycles. The van der Waals surface area contributed by atoms with Crippen LogP contribution in [0.4, 0.5) is 0 Å². The highest BCUT2D eigenvalue weighted by Gasteiger charge is 1.97. The molecule has 1 N–H and O–H groups in total. The molecular weight excluding hydrogens is 258 g/mol. The summed E-state index contributed by atoms with van der Waals surface area (Å²) in [5.74, 6) is 0.270. The maximum absolute atomic E-state index is 9.26. The van der Waals surface area contributed by atoms with E-state index in [0.717, 1.165) is 21.9 Å². The molecule has 0 spiro atoms. The van der Waals surface area contributed by atoms with Crippen LogP contribution in [0, 0.1) is 11.3 Å². The summed E-state index contributed by atoms with van der Waals surface area (Å²) in [5, 5.41) is 20.3. The van der Waals surface area contributed by atoms with Crippen LogP contribution in [0.5, 0.6) is 5.75 Å². The van der Waals surface area contributed by atoms with Crippen LogP contribution in [0.15, 0.2) is 60.7 Å². The van der Waals surface area contributed by atoms with Gasteiger partial charge in [0.25, 0.3) is 0 Å². The predicted molar refractivity (Wildman–Crippen MR) is 85.7 cm³/mol. The lowest BCUT2D eigenvalue weighted by Crippen LogP contribution is -1.79. The summed E-state index contributed by atoms with van der Waals surface area (Å²) in [6, 6.07) is 21.0. The fraction of sp³-hybridized carbons (Fsp3) is 0. The highest BCUT2D eigenvalue weighted by Crippen LogP contribution is 2.19. The number of nitrogens with zero attached hydrogens (tertiary/aromatic N) is 1. The summed E-state index contributed by atoms with van der Waals surface area (Å²) >= 11 is 0. The number of phenolic OH excluding ortho intramolecular Hbond substituents is 1. The highest BCUT2D eigenvalue weighted by atomic mass is 16.3. The van der Waals surface area contributed by atoms with Crippen molar-refractivity contribution in [2.75, 3.05) is 0 Å². The van der Waals surface area contributed by atoms with Gasteiger partial charge in [0.2, 0.25) is 0 Å². The molecule has 0 saturated heterocycles. The molecule has 0 amide bonds. The van der Waals surface area contributed by atoms with Gasteiger partial charge in [-0.3, -0.25) is 0 Å². The Morgan fingerprint density at radius 3 is 2.14 bits per heavy atom. The summed E-state index contributed by atoms with van der Waals surface area (Å²) in [7, 11) is 0. The average molecular weight is 271 g/mol. The smallest absolute Gasteiger partial charge is 0.115 e. The topological polar surface area (TPSA) is 44.0 Å². The third kappa shape index (κ3) is 2.93. The molecule has 0 heterocycles. The lowest BCUT2D eigenvalue weighted by atomic mass is 10.0. The van der Waals surface area contributed by atoms with Gasteiger partial charge in [0, 0.05) is 0 Å². The van der Waals surface area contributed by atoms with Crippen molar-refractivity contribution in [2.45, 2.75) is 0 Å². The third-order valence-corrected chi connectivity index (χ3v) is 3.35. The second kappa shape index (κ2) is 5.52. The first kappa shape index (κ1) is 13.0. The van der Waals surface area contributed by atoms with Crippen LogP contribution in [0.1, 0.15) is 16.7 Å². The molecule has 2 nitrogen and oxygen atoms in total. The zero-order chi connectivity index (χ0) is 14.7. The fourth-order valence-corrected chi connectivity index (χ4v) is 2.22. The summed E-state index contributed by atoms with van der Waals surface area (Å²) in [5.41, 5.74) is 2.81. The van der Waals surface area contributed by atoms with E-state index in [1.54, 1.807) is 12.1 Å². The van der Waals surface area contributed by atoms with Gasteiger partial charge in [0.1, 0.15) is 5.75 Å². The van der Waals surface area contributed by atoms with E-state index in [1.807, 2.05) is 54.6 Å². The highest BCUT2D eigenvalue weighted by molar-refractivity contribution is 5.87. The van der Waals surface area contributed by atoms with Crippen molar-refractivity contribution in [2.24, 2.45) is 0 Å². The Hall–Kier alpha value is -3.05. The van der Waals surface area contributed by atoms with E-state index in [1.165, 1.54) is 0 Å². The maximum atomic E-state index is 9.26. The van der Waals surface area contributed by atoms with Crippen molar-refractivity contribution >= 4 is 22.9 Å². The lowest BCUT2D eigenvalue weighted by Gasteiger charge is -2.00. The first-order valence-electron chi connectivity index (χ1n) is 6.66. The van der Waals surface area contributed by atoms with Crippen LogP contribution in [-0.2, 0) is 0 Å². The minimum Gasteiger partial charge on any atom is -0.508 e. The largest absolute Gasteiger partial charge is 0.508 e. The molecule has 0 fully saturated rings. The molecular formula is C19H13NO. The molecule has 3 aromatic carbocycles. The minimum atomic E-state index is 0.270. The molecule has 0 unspecified atom stereocenters. The Balaban J connectivity index is 1.91. The third-order valence-electron chi connectivity index (χ3n) is 3.35. The van der Waals surface area contributed by atoms with Gasteiger partial charge in [0.15, 0.2) is 0 Å². The van der Waals surface area contributed by atoms with Crippen molar-refractivity contribution in [1.82, 2.24) is 0 Å². The van der Waals surface area contributed by atoms with Crippen LogP contribution in [0.25, 0.3) is 22.9 Å². The minimum absolute atomic E-state index is 0.270. The summed E-state index contributed by atoms with van der Waals surface area (Å²) in [4.78, 5) is 0. The van der Waals surface area contributed by atoms with Gasteiger partial charge in [0.05, 0.1) is 11.6 Å². The van der Waals surface area contributed by atoms with Gasteiger partial charge in [-0.15, -0.1) is 0 Å². The van der Waals surface area contributed by atoms with Crippen LogP contribution >= 0.6 is 0 Å². The maximum Gasteiger partial charge on any atom is 0.115 e. The van der Waals surface area contributed by atoms with Gasteiger partial charge in [-0.05, 0) is 52.2 Å². The molecule has 0 aliphatic carbocycles. The summed E-state index contributed by atoms with van der Waals surface area (Å²) in [6.07, 6.45) is 4.04. The second-order valence-electron chi connectivity index (χ2n) is 4.86. The number of benzene rings is 3. The van der Waals surface area contributed by atoms with Gasteiger partial charge in [-0.1, -0.05) is 42.5 Å². The Morgan fingerprint density at radius 1 is 0.762 bits per heavy atom. The van der Waals surface area contributed by atoms with Gasteiger partial charge in [-0.2, -0.15) is 5.26 Å². The van der Waals surface area contributed by atoms with Crippen LogP contribution in [0.3, 0.4) is 0 Å². The molecule has 0 aliphatic heterocycles. The number of nitriles is 1. The van der Waals surface area contributed by atoms with Crippen LogP contribution < -0.4 is 0 Å². The number of fused-ring (bicyclic) bond motifs is 1. The Bertz CT molecular complexity index is 855. The zero-order valence-corrected chi connectivity index (χ0v) is 11.3. The molecule has 100 valence electrons. The molecule has 2 heteroatoms. The standard InChI is InChI=1S/C19H13NO/c20-13-16-4-8-17-11-15(3-7-18(17)12-16)2-1-14-5-9-19(21)10-6-14/h1-12,21H/b2-1+. The number of aromatic hydroxyl groups is 1. The molecule has 0 radical (unpaired) electrons. The number of rotatable bonds is 2. The van der Waals surface area contributed by atoms with Gasteiger partial charge < -0.3 is 5.11 Å². The Labute approximate surface area is 123 Å². The number of hydrogen-bond acceptors (Lipinski definition) is 2. The van der Waals surface area contributed by atoms with E-state index in [0.29, 0.717) is 5.56 Å². The van der Waals surface area contributed by atoms with Gasteiger partial charge >= 0.3 is 0 Å². The molecule has 3 aromatic rings. The van der Waals surface area contributed by atoms with Crippen molar-refractivity contribution in [3.63, 3.8) is 0 Å². The normalized spacial score (nSPS) is 10.8. The van der Waals surface area contributed by atoms with Gasteiger partial charge in [-0.25, -0.2) is 0 Å². The fourth-order valence-electron chi connectivity index (χ4n) is 2.22. The number of phenols is 1. The molecule has 0 atom stereocenters. The van der Waals surface area contributed by atoms with Crippen molar-refractivity contribution < 1.29 is 5.11 Å². The molecule has 0 aliphatic rings. The van der Waals surface area contributed by atoms with Crippen molar-refractivity contribution in [3.8, 4) is 11.8 Å². The predicted octanol–water partition coefficient (Wildman–Crippen LogP) is 4.59. The lowest BCUT2D eigenvalue weighted by molar-refractivity contribution is 0.475. The molecule has 3 rings (SSSR count). The first-order valence-corrected chi connectivity index (χ1v) is 6.66.